The Morgan fingerprint density at radius 3 is 2.52 bits per heavy atom. The Morgan fingerprint density at radius 1 is 1.38 bits per heavy atom. The normalized spacial score (nSPS) is 19.8. The summed E-state index contributed by atoms with van der Waals surface area (Å²) >= 11 is 1.47. The third-order valence-corrected chi connectivity index (χ3v) is 6.02. The van der Waals surface area contributed by atoms with E-state index in [0.717, 1.165) is 6.26 Å². The van der Waals surface area contributed by atoms with Crippen LogP contribution in [0.15, 0.2) is 12.1 Å². The highest BCUT2D eigenvalue weighted by Gasteiger charge is 2.34. The van der Waals surface area contributed by atoms with Crippen molar-refractivity contribution in [2.75, 3.05) is 35.8 Å². The molecule has 0 spiro atoms. The summed E-state index contributed by atoms with van der Waals surface area (Å²) in [5.74, 6) is -0.532. The van der Waals surface area contributed by atoms with Gasteiger partial charge in [-0.1, -0.05) is 0 Å². The number of hydrogen-bond acceptors (Lipinski definition) is 5. The van der Waals surface area contributed by atoms with Crippen LogP contribution in [0.5, 0.6) is 0 Å². The van der Waals surface area contributed by atoms with Gasteiger partial charge in [0.15, 0.2) is 9.84 Å². The molecule has 0 aromatic heterocycles. The molecule has 1 saturated heterocycles. The van der Waals surface area contributed by atoms with E-state index in [4.69, 9.17) is 5.73 Å². The molecule has 1 aliphatic rings. The third kappa shape index (κ3) is 3.67. The smallest absolute Gasteiger partial charge is 0.169 e. The van der Waals surface area contributed by atoms with E-state index in [1.165, 1.54) is 28.8 Å². The van der Waals surface area contributed by atoms with E-state index in [2.05, 4.69) is 0 Å². The van der Waals surface area contributed by atoms with Crippen LogP contribution in [0, 0.1) is 11.6 Å². The van der Waals surface area contributed by atoms with E-state index in [0.29, 0.717) is 36.6 Å². The van der Waals surface area contributed by atoms with Crippen LogP contribution in [0.4, 0.5) is 14.5 Å². The maximum Gasteiger partial charge on any atom is 0.169 e. The summed E-state index contributed by atoms with van der Waals surface area (Å²) < 4.78 is 52.2. The summed E-state index contributed by atoms with van der Waals surface area (Å²) in [5.41, 5.74) is 5.60. The summed E-state index contributed by atoms with van der Waals surface area (Å²) in [6.07, 6.45) is 1.47. The predicted octanol–water partition coefficient (Wildman–Crippen LogP) is 1.39. The first kappa shape index (κ1) is 16.5. The number of thioether (sulfide) groups is 1. The van der Waals surface area contributed by atoms with Crippen molar-refractivity contribution in [2.45, 2.75) is 11.8 Å². The van der Waals surface area contributed by atoms with Crippen LogP contribution in [0.2, 0.25) is 0 Å². The molecule has 0 amide bonds. The van der Waals surface area contributed by atoms with E-state index in [1.54, 1.807) is 0 Å². The molecule has 1 atom stereocenters. The predicted molar refractivity (Wildman–Crippen MR) is 82.4 cm³/mol. The summed E-state index contributed by atoms with van der Waals surface area (Å²) in [7, 11) is -3.43. The fraction of sp³-hybridized carbons (Fsp3) is 0.538. The van der Waals surface area contributed by atoms with Gasteiger partial charge in [-0.15, -0.1) is 0 Å². The molecule has 4 nitrogen and oxygen atoms in total. The molecular weight excluding hydrogens is 318 g/mol. The number of hydrogen-bond donors (Lipinski definition) is 1. The Labute approximate surface area is 127 Å². The van der Waals surface area contributed by atoms with E-state index in [-0.39, 0.29) is 5.69 Å². The van der Waals surface area contributed by atoms with Crippen LogP contribution < -0.4 is 10.6 Å². The maximum atomic E-state index is 14.3. The van der Waals surface area contributed by atoms with Crippen LogP contribution in [0.1, 0.15) is 5.56 Å². The van der Waals surface area contributed by atoms with Gasteiger partial charge in [-0.05, 0) is 30.7 Å². The Morgan fingerprint density at radius 2 is 2.00 bits per heavy atom. The molecule has 0 saturated carbocycles. The molecule has 0 bridgehead atoms. The molecule has 2 N–H and O–H groups in total. The molecule has 1 unspecified atom stereocenters. The van der Waals surface area contributed by atoms with Gasteiger partial charge in [0.05, 0.1) is 0 Å². The molecule has 8 heteroatoms. The fourth-order valence-corrected chi connectivity index (χ4v) is 5.22. The number of nitrogens with zero attached hydrogens (tertiary/aromatic N) is 1. The molecule has 1 aromatic rings. The fourth-order valence-electron chi connectivity index (χ4n) is 2.39. The maximum absolute atomic E-state index is 14.3. The highest BCUT2D eigenvalue weighted by molar-refractivity contribution is 8.01. The van der Waals surface area contributed by atoms with Crippen molar-refractivity contribution in [3.8, 4) is 0 Å². The van der Waals surface area contributed by atoms with E-state index >= 15 is 0 Å². The second kappa shape index (κ2) is 6.50. The lowest BCUT2D eigenvalue weighted by atomic mass is 10.1. The summed E-state index contributed by atoms with van der Waals surface area (Å²) in [5, 5.41) is -0.902. The van der Waals surface area contributed by atoms with Gasteiger partial charge in [0, 0.05) is 24.3 Å². The van der Waals surface area contributed by atoms with Crippen molar-refractivity contribution in [3.05, 3.63) is 29.3 Å². The van der Waals surface area contributed by atoms with Gasteiger partial charge < -0.3 is 10.6 Å². The minimum Gasteiger partial charge on any atom is -0.349 e. The van der Waals surface area contributed by atoms with Crippen LogP contribution in [-0.2, 0) is 16.3 Å². The molecule has 118 valence electrons. The molecule has 0 aliphatic carbocycles. The summed E-state index contributed by atoms with van der Waals surface area (Å²) in [6, 6.07) is 2.46. The van der Waals surface area contributed by atoms with Crippen molar-refractivity contribution in [3.63, 3.8) is 0 Å². The number of rotatable bonds is 4. The molecule has 0 radical (unpaired) electrons. The van der Waals surface area contributed by atoms with Crippen molar-refractivity contribution in [2.24, 2.45) is 5.73 Å². The van der Waals surface area contributed by atoms with Gasteiger partial charge >= 0.3 is 0 Å². The second-order valence-corrected chi connectivity index (χ2v) is 8.35. The minimum absolute atomic E-state index is 0.258. The zero-order chi connectivity index (χ0) is 15.6. The largest absolute Gasteiger partial charge is 0.349 e. The molecule has 1 aliphatic heterocycles. The van der Waals surface area contributed by atoms with Crippen molar-refractivity contribution >= 4 is 27.3 Å². The van der Waals surface area contributed by atoms with Gasteiger partial charge in [0.25, 0.3) is 0 Å². The Bertz CT molecular complexity index is 600. The minimum atomic E-state index is -3.43. The molecule has 1 aromatic carbocycles. The lowest BCUT2D eigenvalue weighted by molar-refractivity contribution is 0.556. The van der Waals surface area contributed by atoms with Crippen LogP contribution in [-0.4, -0.2) is 44.6 Å². The third-order valence-electron chi connectivity index (χ3n) is 3.38. The van der Waals surface area contributed by atoms with Gasteiger partial charge in [0.2, 0.25) is 0 Å². The molecular formula is C13H18F2N2O2S2. The zero-order valence-corrected chi connectivity index (χ0v) is 13.3. The number of sulfone groups is 1. The van der Waals surface area contributed by atoms with E-state index < -0.39 is 26.8 Å². The average molecular weight is 336 g/mol. The average Bonchev–Trinajstić information content (AvgIpc) is 2.37. The second-order valence-electron chi connectivity index (χ2n) is 5.00. The van der Waals surface area contributed by atoms with Gasteiger partial charge in [-0.25, -0.2) is 17.2 Å². The number of halogens is 2. The number of nitrogens with two attached hydrogens (primary N) is 1. The van der Waals surface area contributed by atoms with Crippen LogP contribution in [0.25, 0.3) is 0 Å². The zero-order valence-electron chi connectivity index (χ0n) is 11.7. The van der Waals surface area contributed by atoms with Crippen molar-refractivity contribution in [1.82, 2.24) is 0 Å². The van der Waals surface area contributed by atoms with Gasteiger partial charge in [-0.2, -0.15) is 11.8 Å². The first-order chi connectivity index (χ1) is 9.84. The van der Waals surface area contributed by atoms with Gasteiger partial charge in [-0.3, -0.25) is 0 Å². The number of anilines is 1. The standard InChI is InChI=1S/C13H18F2N2O2S2/c1-21(18,19)12-8-20-5-4-17(12)13-10(14)6-9(2-3-16)7-11(13)15/h6-7,12H,2-5,8,16H2,1H3. The molecule has 1 fully saturated rings. The monoisotopic (exact) mass is 336 g/mol. The van der Waals surface area contributed by atoms with E-state index in [1.807, 2.05) is 0 Å². The SMILES string of the molecule is CS(=O)(=O)C1CSCCN1c1c(F)cc(CCN)cc1F. The van der Waals surface area contributed by atoms with Gasteiger partial charge in [0.1, 0.15) is 22.7 Å². The first-order valence-corrected chi connectivity index (χ1v) is 9.66. The molecule has 21 heavy (non-hydrogen) atoms. The van der Waals surface area contributed by atoms with Crippen molar-refractivity contribution in [1.29, 1.82) is 0 Å². The molecule has 2 rings (SSSR count). The Hall–Kier alpha value is -0.860. The highest BCUT2D eigenvalue weighted by Crippen LogP contribution is 2.31. The summed E-state index contributed by atoms with van der Waals surface area (Å²) in [6.45, 7) is 0.594. The Kier molecular flexibility index (Phi) is 5.11. The first-order valence-electron chi connectivity index (χ1n) is 6.56. The van der Waals surface area contributed by atoms with Crippen LogP contribution >= 0.6 is 11.8 Å². The molecule has 1 heterocycles. The van der Waals surface area contributed by atoms with Crippen molar-refractivity contribution < 1.29 is 17.2 Å². The van der Waals surface area contributed by atoms with E-state index in [9.17, 15) is 17.2 Å². The lowest BCUT2D eigenvalue weighted by Crippen LogP contribution is -2.47. The quantitative estimate of drug-likeness (QED) is 0.900. The topological polar surface area (TPSA) is 63.4 Å². The highest BCUT2D eigenvalue weighted by atomic mass is 32.2. The Balaban J connectivity index is 2.44. The summed E-state index contributed by atoms with van der Waals surface area (Å²) in [4.78, 5) is 1.32. The lowest BCUT2D eigenvalue weighted by Gasteiger charge is -2.36. The van der Waals surface area contributed by atoms with Crippen LogP contribution in [0.3, 0.4) is 0 Å². The number of benzene rings is 1.